The second-order valence-corrected chi connectivity index (χ2v) is 9.70. The van der Waals surface area contributed by atoms with E-state index in [1.165, 1.54) is 0 Å². The Hall–Kier alpha value is -2.05. The minimum atomic E-state index is -0.186. The molecule has 0 bridgehead atoms. The fourth-order valence-electron chi connectivity index (χ4n) is 3.99. The molecule has 2 amide bonds. The van der Waals surface area contributed by atoms with E-state index in [4.69, 9.17) is 0 Å². The summed E-state index contributed by atoms with van der Waals surface area (Å²) in [5.74, 6) is 1.08. The summed E-state index contributed by atoms with van der Waals surface area (Å²) in [5, 5.41) is 0. The van der Waals surface area contributed by atoms with E-state index in [1.807, 2.05) is 82.2 Å². The van der Waals surface area contributed by atoms with Gasteiger partial charge in [0.1, 0.15) is 0 Å². The van der Waals surface area contributed by atoms with Gasteiger partial charge in [0.2, 0.25) is 5.91 Å². The zero-order chi connectivity index (χ0) is 20.3. The monoisotopic (exact) mass is 470 g/mol. The number of hydrogen-bond acceptors (Lipinski definition) is 3. The van der Waals surface area contributed by atoms with Crippen LogP contribution in [0.1, 0.15) is 28.8 Å². The molecule has 2 aliphatic rings. The van der Waals surface area contributed by atoms with Crippen LogP contribution in [-0.2, 0) is 4.79 Å². The molecule has 4 nitrogen and oxygen atoms in total. The predicted molar refractivity (Wildman–Crippen MR) is 122 cm³/mol. The smallest absolute Gasteiger partial charge is 0.253 e. The first-order chi connectivity index (χ1) is 14.1. The zero-order valence-corrected chi connectivity index (χ0v) is 18.5. The summed E-state index contributed by atoms with van der Waals surface area (Å²) >= 11 is 5.27. The molecule has 0 aliphatic carbocycles. The first-order valence-electron chi connectivity index (χ1n) is 9.81. The third kappa shape index (κ3) is 4.43. The molecule has 0 atom stereocenters. The molecule has 0 N–H and O–H groups in total. The van der Waals surface area contributed by atoms with Gasteiger partial charge in [0.15, 0.2) is 0 Å². The summed E-state index contributed by atoms with van der Waals surface area (Å²) in [4.78, 5) is 29.4. The molecule has 2 fully saturated rings. The van der Waals surface area contributed by atoms with Gasteiger partial charge in [0.05, 0.1) is 4.87 Å². The maximum absolute atomic E-state index is 12.9. The van der Waals surface area contributed by atoms with Gasteiger partial charge in [-0.25, -0.2) is 0 Å². The minimum Gasteiger partial charge on any atom is -0.338 e. The van der Waals surface area contributed by atoms with Crippen LogP contribution in [0.15, 0.2) is 65.1 Å². The van der Waals surface area contributed by atoms with E-state index < -0.39 is 0 Å². The number of carbonyl (C=O) groups excluding carboxylic acids is 2. The molecule has 6 heteroatoms. The van der Waals surface area contributed by atoms with Gasteiger partial charge < -0.3 is 9.80 Å². The Labute approximate surface area is 184 Å². The van der Waals surface area contributed by atoms with Crippen molar-refractivity contribution in [2.75, 3.05) is 25.4 Å². The molecular formula is C23H23BrN2O2S. The van der Waals surface area contributed by atoms with Crippen LogP contribution in [0.25, 0.3) is 6.08 Å². The number of rotatable bonds is 3. The van der Waals surface area contributed by atoms with Crippen LogP contribution in [-0.4, -0.2) is 51.9 Å². The molecular weight excluding hydrogens is 448 g/mol. The summed E-state index contributed by atoms with van der Waals surface area (Å²) in [6.45, 7) is 2.12. The van der Waals surface area contributed by atoms with Gasteiger partial charge in [-0.05, 0) is 48.7 Å². The highest BCUT2D eigenvalue weighted by Crippen LogP contribution is 2.44. The fraction of sp³-hybridized carbons (Fsp3) is 0.304. The Morgan fingerprint density at radius 3 is 2.34 bits per heavy atom. The van der Waals surface area contributed by atoms with Gasteiger partial charge in [-0.3, -0.25) is 9.59 Å². The van der Waals surface area contributed by atoms with E-state index in [9.17, 15) is 9.59 Å². The molecule has 0 radical (unpaired) electrons. The maximum Gasteiger partial charge on any atom is 0.253 e. The molecule has 150 valence electrons. The van der Waals surface area contributed by atoms with Gasteiger partial charge >= 0.3 is 0 Å². The predicted octanol–water partition coefficient (Wildman–Crippen LogP) is 4.67. The lowest BCUT2D eigenvalue weighted by Gasteiger charge is -2.43. The summed E-state index contributed by atoms with van der Waals surface area (Å²) in [5.41, 5.74) is 1.73. The number of halogens is 1. The zero-order valence-electron chi connectivity index (χ0n) is 16.1. The van der Waals surface area contributed by atoms with Crippen LogP contribution < -0.4 is 0 Å². The molecule has 2 aromatic rings. The van der Waals surface area contributed by atoms with E-state index in [1.54, 1.807) is 6.08 Å². The topological polar surface area (TPSA) is 40.6 Å². The molecule has 0 saturated carbocycles. The van der Waals surface area contributed by atoms with Crippen molar-refractivity contribution in [3.8, 4) is 0 Å². The normalized spacial score (nSPS) is 18.5. The minimum absolute atomic E-state index is 0.0616. The lowest BCUT2D eigenvalue weighted by atomic mass is 10.0. The Morgan fingerprint density at radius 2 is 1.66 bits per heavy atom. The van der Waals surface area contributed by atoms with E-state index in [2.05, 4.69) is 15.9 Å². The van der Waals surface area contributed by atoms with Gasteiger partial charge in [-0.15, -0.1) is 11.8 Å². The molecule has 0 unspecified atom stereocenters. The molecule has 29 heavy (non-hydrogen) atoms. The molecule has 2 aromatic carbocycles. The van der Waals surface area contributed by atoms with Crippen LogP contribution in [0.5, 0.6) is 0 Å². The van der Waals surface area contributed by atoms with Crippen molar-refractivity contribution in [1.82, 2.24) is 9.80 Å². The van der Waals surface area contributed by atoms with E-state index in [-0.39, 0.29) is 16.7 Å². The second-order valence-electron chi connectivity index (χ2n) is 7.33. The molecule has 1 spiro atoms. The number of likely N-dealkylation sites (tertiary alicyclic amines) is 1. The number of thioether (sulfide) groups is 1. The number of benzene rings is 2. The molecule has 0 aromatic heterocycles. The molecule has 2 aliphatic heterocycles. The number of carbonyl (C=O) groups is 2. The summed E-state index contributed by atoms with van der Waals surface area (Å²) in [6, 6.07) is 17.4. The van der Waals surface area contributed by atoms with Gasteiger partial charge in [0, 0.05) is 41.5 Å². The van der Waals surface area contributed by atoms with Crippen LogP contribution in [0, 0.1) is 0 Å². The molecule has 2 heterocycles. The maximum atomic E-state index is 12.9. The van der Waals surface area contributed by atoms with Crippen molar-refractivity contribution in [3.05, 3.63) is 76.3 Å². The van der Waals surface area contributed by atoms with Crippen LogP contribution >= 0.6 is 27.7 Å². The summed E-state index contributed by atoms with van der Waals surface area (Å²) in [7, 11) is 0. The SMILES string of the molecule is O=C(c1ccc(Br)cc1)N1CCC2(CC1)SCCN2C(=O)/C=C/c1ccccc1. The standard InChI is InChI=1S/C23H23BrN2O2S/c24-20-9-7-19(8-10-20)22(28)25-14-12-23(13-15-25)26(16-17-29-23)21(27)11-6-18-4-2-1-3-5-18/h1-11H,12-17H2/b11-6+. The highest BCUT2D eigenvalue weighted by molar-refractivity contribution is 9.10. The van der Waals surface area contributed by atoms with Crippen LogP contribution in [0.2, 0.25) is 0 Å². The third-order valence-electron chi connectivity index (χ3n) is 5.58. The van der Waals surface area contributed by atoms with Crippen molar-refractivity contribution >= 4 is 45.6 Å². The van der Waals surface area contributed by atoms with Crippen molar-refractivity contribution in [2.45, 2.75) is 17.7 Å². The van der Waals surface area contributed by atoms with Crippen molar-refractivity contribution < 1.29 is 9.59 Å². The largest absolute Gasteiger partial charge is 0.338 e. The lowest BCUT2D eigenvalue weighted by Crippen LogP contribution is -2.53. The summed E-state index contributed by atoms with van der Waals surface area (Å²) in [6.07, 6.45) is 5.18. The van der Waals surface area contributed by atoms with E-state index in [0.29, 0.717) is 18.7 Å². The van der Waals surface area contributed by atoms with E-state index >= 15 is 0 Å². The first kappa shape index (κ1) is 20.2. The quantitative estimate of drug-likeness (QED) is 0.611. The Bertz CT molecular complexity index is 906. The Kier molecular flexibility index (Phi) is 6.11. The van der Waals surface area contributed by atoms with Gasteiger partial charge in [-0.1, -0.05) is 46.3 Å². The highest BCUT2D eigenvalue weighted by Gasteiger charge is 2.46. The Morgan fingerprint density at radius 1 is 0.966 bits per heavy atom. The van der Waals surface area contributed by atoms with Crippen molar-refractivity contribution in [1.29, 1.82) is 0 Å². The lowest BCUT2D eigenvalue weighted by molar-refractivity contribution is -0.129. The fourth-order valence-corrected chi connectivity index (χ4v) is 5.72. The van der Waals surface area contributed by atoms with Crippen molar-refractivity contribution in [2.24, 2.45) is 0 Å². The number of piperidine rings is 1. The van der Waals surface area contributed by atoms with Crippen molar-refractivity contribution in [3.63, 3.8) is 0 Å². The van der Waals surface area contributed by atoms with Crippen LogP contribution in [0.3, 0.4) is 0 Å². The van der Waals surface area contributed by atoms with Gasteiger partial charge in [-0.2, -0.15) is 0 Å². The number of hydrogen-bond donors (Lipinski definition) is 0. The second kappa shape index (κ2) is 8.76. The average Bonchev–Trinajstić information content (AvgIpc) is 3.16. The number of nitrogens with zero attached hydrogens (tertiary/aromatic N) is 2. The van der Waals surface area contributed by atoms with E-state index in [0.717, 1.165) is 35.2 Å². The first-order valence-corrected chi connectivity index (χ1v) is 11.6. The molecule has 2 saturated heterocycles. The average molecular weight is 471 g/mol. The number of amides is 2. The molecule has 4 rings (SSSR count). The van der Waals surface area contributed by atoms with Gasteiger partial charge in [0.25, 0.3) is 5.91 Å². The van der Waals surface area contributed by atoms with Crippen LogP contribution in [0.4, 0.5) is 0 Å². The Balaban J connectivity index is 1.41. The summed E-state index contributed by atoms with van der Waals surface area (Å²) < 4.78 is 0.965. The highest BCUT2D eigenvalue weighted by atomic mass is 79.9. The third-order valence-corrected chi connectivity index (χ3v) is 7.67.